The molecule has 0 aliphatic carbocycles. The second-order valence-electron chi connectivity index (χ2n) is 3.79. The van der Waals surface area contributed by atoms with Gasteiger partial charge in [0.05, 0.1) is 12.0 Å². The molecule has 0 aliphatic rings. The highest BCUT2D eigenvalue weighted by Gasteiger charge is 2.28. The Balaban J connectivity index is 2.75. The lowest BCUT2D eigenvalue weighted by molar-refractivity contribution is -0.136. The zero-order valence-electron chi connectivity index (χ0n) is 9.77. The molecule has 0 radical (unpaired) electrons. The van der Waals surface area contributed by atoms with E-state index in [4.69, 9.17) is 5.14 Å². The molecule has 19 heavy (non-hydrogen) atoms. The molecule has 0 atom stereocenters. The molecule has 10 heteroatoms. The van der Waals surface area contributed by atoms with Crippen LogP contribution in [0, 0.1) is 0 Å². The molecule has 5 nitrogen and oxygen atoms in total. The molecule has 1 heterocycles. The Kier molecular flexibility index (Phi) is 4.59. The summed E-state index contributed by atoms with van der Waals surface area (Å²) in [6.07, 6.45) is -5.48. The van der Waals surface area contributed by atoms with Gasteiger partial charge in [-0.25, -0.2) is 13.6 Å². The van der Waals surface area contributed by atoms with Gasteiger partial charge in [-0.2, -0.15) is 13.2 Å². The average Bonchev–Trinajstić information content (AvgIpc) is 2.72. The molecule has 0 spiro atoms. The number of sulfonamides is 1. The predicted molar refractivity (Wildman–Crippen MR) is 63.3 cm³/mol. The maximum Gasteiger partial charge on any atom is 0.390 e. The third-order valence-corrected chi connectivity index (χ3v) is 4.57. The molecule has 0 bridgehead atoms. The Morgan fingerprint density at radius 1 is 1.47 bits per heavy atom. The largest absolute Gasteiger partial charge is 0.390 e. The van der Waals surface area contributed by atoms with Crippen LogP contribution < -0.4 is 5.14 Å². The Morgan fingerprint density at radius 3 is 2.47 bits per heavy atom. The van der Waals surface area contributed by atoms with E-state index in [1.165, 1.54) is 12.4 Å². The van der Waals surface area contributed by atoms with Gasteiger partial charge in [-0.1, -0.05) is 0 Å². The van der Waals surface area contributed by atoms with E-state index in [1.807, 2.05) is 0 Å². The van der Waals surface area contributed by atoms with E-state index < -0.39 is 35.1 Å². The molecule has 0 saturated heterocycles. The molecule has 0 unspecified atom stereocenters. The first-order chi connectivity index (χ1) is 8.50. The van der Waals surface area contributed by atoms with Crippen LogP contribution in [0.3, 0.4) is 0 Å². The van der Waals surface area contributed by atoms with E-state index in [9.17, 15) is 26.4 Å². The highest BCUT2D eigenvalue weighted by molar-refractivity contribution is 7.91. The summed E-state index contributed by atoms with van der Waals surface area (Å²) in [5.41, 5.74) is -0.00120. The summed E-state index contributed by atoms with van der Waals surface area (Å²) >= 11 is 0.743. The van der Waals surface area contributed by atoms with E-state index in [0.29, 0.717) is 0 Å². The third kappa shape index (κ3) is 4.80. The van der Waals surface area contributed by atoms with Gasteiger partial charge in [-0.3, -0.25) is 4.79 Å². The minimum Gasteiger partial charge on any atom is -0.341 e. The summed E-state index contributed by atoms with van der Waals surface area (Å²) in [6, 6.07) is 1.05. The topological polar surface area (TPSA) is 80.5 Å². The van der Waals surface area contributed by atoms with Gasteiger partial charge < -0.3 is 4.90 Å². The van der Waals surface area contributed by atoms with Crippen molar-refractivity contribution in [3.63, 3.8) is 0 Å². The SMILES string of the molecule is CN(CCC(F)(F)F)C(=O)c1csc(S(N)(=O)=O)c1. The fourth-order valence-corrected chi connectivity index (χ4v) is 2.77. The van der Waals surface area contributed by atoms with Gasteiger partial charge in [-0.15, -0.1) is 11.3 Å². The average molecular weight is 316 g/mol. The summed E-state index contributed by atoms with van der Waals surface area (Å²) in [7, 11) is -2.70. The number of rotatable bonds is 4. The fourth-order valence-electron chi connectivity index (χ4n) is 1.19. The quantitative estimate of drug-likeness (QED) is 0.912. The second-order valence-corrected chi connectivity index (χ2v) is 6.49. The Labute approximate surface area is 111 Å². The molecular formula is C9H11F3N2O3S2. The molecule has 0 aromatic carbocycles. The summed E-state index contributed by atoms with van der Waals surface area (Å²) in [5.74, 6) is -0.685. The summed E-state index contributed by atoms with van der Waals surface area (Å²) in [6.45, 7) is -0.497. The molecule has 1 aromatic rings. The number of halogens is 3. The van der Waals surface area contributed by atoms with E-state index in [-0.39, 0.29) is 9.77 Å². The van der Waals surface area contributed by atoms with Crippen molar-refractivity contribution in [3.05, 3.63) is 17.0 Å². The molecule has 108 valence electrons. The van der Waals surface area contributed by atoms with Gasteiger partial charge in [0.1, 0.15) is 4.21 Å². The van der Waals surface area contributed by atoms with Gasteiger partial charge in [0.2, 0.25) is 10.0 Å². The van der Waals surface area contributed by atoms with Crippen molar-refractivity contribution in [1.82, 2.24) is 4.90 Å². The third-order valence-electron chi connectivity index (χ3n) is 2.18. The monoisotopic (exact) mass is 316 g/mol. The summed E-state index contributed by atoms with van der Waals surface area (Å²) in [4.78, 5) is 12.6. The lowest BCUT2D eigenvalue weighted by Gasteiger charge is -2.17. The van der Waals surface area contributed by atoms with Crippen LogP contribution >= 0.6 is 11.3 Å². The van der Waals surface area contributed by atoms with Crippen LogP contribution in [0.15, 0.2) is 15.7 Å². The predicted octanol–water partition coefficient (Wildman–Crippen LogP) is 1.42. The molecule has 1 amide bonds. The van der Waals surface area contributed by atoms with Crippen LogP contribution in [0.5, 0.6) is 0 Å². The van der Waals surface area contributed by atoms with Crippen LogP contribution in [0.25, 0.3) is 0 Å². The number of carbonyl (C=O) groups is 1. The van der Waals surface area contributed by atoms with Gasteiger partial charge in [0.15, 0.2) is 0 Å². The number of hydrogen-bond donors (Lipinski definition) is 1. The number of amides is 1. The van der Waals surface area contributed by atoms with Crippen molar-refractivity contribution in [1.29, 1.82) is 0 Å². The van der Waals surface area contributed by atoms with Gasteiger partial charge in [0.25, 0.3) is 5.91 Å². The van der Waals surface area contributed by atoms with Crippen molar-refractivity contribution in [2.75, 3.05) is 13.6 Å². The smallest absolute Gasteiger partial charge is 0.341 e. The molecule has 0 saturated carbocycles. The standard InChI is InChI=1S/C9H11F3N2O3S2/c1-14(3-2-9(10,11)12)8(15)6-4-7(18-5-6)19(13,16)17/h4-5H,2-3H2,1H3,(H2,13,16,17). The van der Waals surface area contributed by atoms with E-state index in [1.54, 1.807) is 0 Å². The first kappa shape index (κ1) is 15.9. The minimum atomic E-state index is -4.35. The van der Waals surface area contributed by atoms with Crippen molar-refractivity contribution in [2.24, 2.45) is 5.14 Å². The Bertz CT molecular complexity index is 566. The van der Waals surface area contributed by atoms with Gasteiger partial charge in [0, 0.05) is 19.0 Å². The Morgan fingerprint density at radius 2 is 2.05 bits per heavy atom. The normalized spacial score (nSPS) is 12.5. The van der Waals surface area contributed by atoms with Crippen molar-refractivity contribution >= 4 is 27.3 Å². The van der Waals surface area contributed by atoms with Crippen LogP contribution in [-0.2, 0) is 10.0 Å². The van der Waals surface area contributed by atoms with Crippen LogP contribution in [0.2, 0.25) is 0 Å². The Hall–Kier alpha value is -1.13. The van der Waals surface area contributed by atoms with E-state index >= 15 is 0 Å². The lowest BCUT2D eigenvalue weighted by atomic mass is 10.3. The fraction of sp³-hybridized carbons (Fsp3) is 0.444. The maximum atomic E-state index is 12.0. The summed E-state index contributed by atoms with van der Waals surface area (Å²) < 4.78 is 57.8. The molecule has 1 aromatic heterocycles. The number of thiophene rings is 1. The molecule has 2 N–H and O–H groups in total. The number of alkyl halides is 3. The van der Waals surface area contributed by atoms with Crippen molar-refractivity contribution < 1.29 is 26.4 Å². The van der Waals surface area contributed by atoms with Crippen LogP contribution in [-0.4, -0.2) is 39.0 Å². The number of nitrogens with two attached hydrogens (primary N) is 1. The van der Waals surface area contributed by atoms with Gasteiger partial charge in [-0.05, 0) is 6.07 Å². The van der Waals surface area contributed by atoms with Gasteiger partial charge >= 0.3 is 6.18 Å². The highest BCUT2D eigenvalue weighted by Crippen LogP contribution is 2.22. The maximum absolute atomic E-state index is 12.0. The molecule has 0 fully saturated rings. The molecule has 1 rings (SSSR count). The minimum absolute atomic E-state index is 0.00120. The highest BCUT2D eigenvalue weighted by atomic mass is 32.2. The summed E-state index contributed by atoms with van der Waals surface area (Å²) in [5, 5.41) is 6.11. The zero-order valence-corrected chi connectivity index (χ0v) is 11.4. The van der Waals surface area contributed by atoms with Crippen LogP contribution in [0.1, 0.15) is 16.8 Å². The molecule has 0 aliphatic heterocycles. The molecular weight excluding hydrogens is 305 g/mol. The van der Waals surface area contributed by atoms with Crippen molar-refractivity contribution in [3.8, 4) is 0 Å². The number of primary sulfonamides is 1. The number of nitrogens with zero attached hydrogens (tertiary/aromatic N) is 1. The van der Waals surface area contributed by atoms with E-state index in [2.05, 4.69) is 0 Å². The van der Waals surface area contributed by atoms with E-state index in [0.717, 1.165) is 22.3 Å². The first-order valence-electron chi connectivity index (χ1n) is 4.94. The first-order valence-corrected chi connectivity index (χ1v) is 7.37. The number of hydrogen-bond acceptors (Lipinski definition) is 4. The van der Waals surface area contributed by atoms with Crippen molar-refractivity contribution in [2.45, 2.75) is 16.8 Å². The number of carbonyl (C=O) groups excluding carboxylic acids is 1. The van der Waals surface area contributed by atoms with Crippen LogP contribution in [0.4, 0.5) is 13.2 Å². The second kappa shape index (κ2) is 5.47. The lowest BCUT2D eigenvalue weighted by Crippen LogP contribution is -2.30. The zero-order chi connectivity index (χ0) is 14.8.